The quantitative estimate of drug-likeness (QED) is 0.193. The smallest absolute Gasteiger partial charge is 0.262 e. The predicted octanol–water partition coefficient (Wildman–Crippen LogP) is 8.64. The van der Waals surface area contributed by atoms with Crippen LogP contribution in [0.15, 0.2) is 163 Å². The Balaban J connectivity index is 1.24. The Labute approximate surface area is 275 Å². The van der Waals surface area contributed by atoms with Crippen LogP contribution in [0.2, 0.25) is 0 Å². The molecule has 3 aromatic heterocycles. The second kappa shape index (κ2) is 11.3. The van der Waals surface area contributed by atoms with E-state index in [1.165, 1.54) is 0 Å². The molecule has 48 heavy (non-hydrogen) atoms. The fourth-order valence-electron chi connectivity index (χ4n) is 6.30. The molecule has 3 heterocycles. The Kier molecular flexibility index (Phi) is 6.47. The minimum absolute atomic E-state index is 0.162. The maximum atomic E-state index is 14.1. The molecule has 0 atom stereocenters. The molecule has 0 aliphatic heterocycles. The zero-order valence-electron chi connectivity index (χ0n) is 25.6. The average Bonchev–Trinajstić information content (AvgIpc) is 3.56. The van der Waals surface area contributed by atoms with Gasteiger partial charge in [0.25, 0.3) is 0 Å². The van der Waals surface area contributed by atoms with Crippen molar-refractivity contribution in [3.05, 3.63) is 168 Å². The first kappa shape index (κ1) is 27.6. The lowest BCUT2D eigenvalue weighted by molar-refractivity contribution is 0.932. The number of hydrogen-bond acceptors (Lipinski definition) is 5. The van der Waals surface area contributed by atoms with Gasteiger partial charge < -0.3 is 0 Å². The van der Waals surface area contributed by atoms with Crippen molar-refractivity contribution < 1.29 is 0 Å². The monoisotopic (exact) mass is 618 g/mol. The summed E-state index contributed by atoms with van der Waals surface area (Å²) in [5.74, 6) is 1.82. The summed E-state index contributed by atoms with van der Waals surface area (Å²) < 4.78 is 3.48. The molecule has 9 aromatic rings. The maximum Gasteiger partial charge on any atom is 0.339 e. The first-order valence-corrected chi connectivity index (χ1v) is 15.7. The third kappa shape index (κ3) is 4.65. The molecule has 7 nitrogen and oxygen atoms in total. The highest BCUT2D eigenvalue weighted by molar-refractivity contribution is 5.99. The second-order valence-electron chi connectivity index (χ2n) is 11.6. The zero-order chi connectivity index (χ0) is 32.0. The van der Waals surface area contributed by atoms with Crippen molar-refractivity contribution in [3.63, 3.8) is 0 Å². The molecule has 0 saturated carbocycles. The SMILES string of the molecule is O=c1n(-c2ccccc2)c2ccc(-c3cccc(-c4nc(-c5ccccc5)nc(-c5ccccc5)n4)c3)cc2c2nc3ccccc3n12. The second-order valence-corrected chi connectivity index (χ2v) is 11.6. The number of imidazole rings is 1. The van der Waals surface area contributed by atoms with Gasteiger partial charge in [-0.15, -0.1) is 0 Å². The average molecular weight is 619 g/mol. The minimum Gasteiger partial charge on any atom is -0.262 e. The van der Waals surface area contributed by atoms with Gasteiger partial charge in [0.05, 0.1) is 22.2 Å². The van der Waals surface area contributed by atoms with Crippen LogP contribution < -0.4 is 5.69 Å². The molecular formula is C41H26N6O. The van der Waals surface area contributed by atoms with Gasteiger partial charge >= 0.3 is 5.69 Å². The summed E-state index contributed by atoms with van der Waals surface area (Å²) in [5, 5.41) is 0.871. The van der Waals surface area contributed by atoms with Crippen LogP contribution in [0.4, 0.5) is 0 Å². The van der Waals surface area contributed by atoms with Gasteiger partial charge in [-0.3, -0.25) is 4.57 Å². The highest BCUT2D eigenvalue weighted by atomic mass is 16.1. The third-order valence-electron chi connectivity index (χ3n) is 8.59. The van der Waals surface area contributed by atoms with E-state index in [0.717, 1.165) is 55.4 Å². The van der Waals surface area contributed by atoms with E-state index in [1.54, 1.807) is 8.97 Å². The van der Waals surface area contributed by atoms with E-state index in [0.29, 0.717) is 23.1 Å². The van der Waals surface area contributed by atoms with Crippen molar-refractivity contribution >= 4 is 27.6 Å². The standard InChI is InChI=1S/C41H26N6O/c48-41-46(32-19-8-3-9-20-32)35-24-23-30(26-33(35)40-42-34-21-10-11-22-36(34)47(40)41)29-17-12-18-31(25-29)39-44-37(27-13-4-1-5-14-27)43-38(45-39)28-15-6-2-7-16-28/h1-26H. The van der Waals surface area contributed by atoms with E-state index in [-0.39, 0.29) is 5.69 Å². The van der Waals surface area contributed by atoms with Crippen LogP contribution in [0.3, 0.4) is 0 Å². The van der Waals surface area contributed by atoms with E-state index >= 15 is 0 Å². The first-order chi connectivity index (χ1) is 23.7. The fraction of sp³-hybridized carbons (Fsp3) is 0. The third-order valence-corrected chi connectivity index (χ3v) is 8.59. The number of rotatable bonds is 5. The van der Waals surface area contributed by atoms with E-state index in [1.807, 2.05) is 133 Å². The van der Waals surface area contributed by atoms with Crippen LogP contribution in [-0.2, 0) is 0 Å². The number of benzene rings is 6. The van der Waals surface area contributed by atoms with Gasteiger partial charge in [0.2, 0.25) is 0 Å². The van der Waals surface area contributed by atoms with Crippen LogP contribution >= 0.6 is 0 Å². The summed E-state index contributed by atoms with van der Waals surface area (Å²) in [4.78, 5) is 33.7. The van der Waals surface area contributed by atoms with Gasteiger partial charge in [-0.05, 0) is 53.6 Å². The van der Waals surface area contributed by atoms with Crippen LogP contribution in [-0.4, -0.2) is 28.9 Å². The van der Waals surface area contributed by atoms with Crippen LogP contribution in [0.1, 0.15) is 0 Å². The van der Waals surface area contributed by atoms with Crippen LogP contribution in [0.5, 0.6) is 0 Å². The number of para-hydroxylation sites is 3. The van der Waals surface area contributed by atoms with Gasteiger partial charge in [0.15, 0.2) is 23.1 Å². The van der Waals surface area contributed by atoms with Crippen molar-refractivity contribution in [3.8, 4) is 51.0 Å². The Morgan fingerprint density at radius 2 is 0.958 bits per heavy atom. The van der Waals surface area contributed by atoms with Crippen molar-refractivity contribution in [2.75, 3.05) is 0 Å². The molecule has 0 spiro atoms. The summed E-state index contributed by atoms with van der Waals surface area (Å²) in [5.41, 5.74) is 8.27. The molecule has 9 rings (SSSR count). The van der Waals surface area contributed by atoms with E-state index in [4.69, 9.17) is 19.9 Å². The molecule has 0 fully saturated rings. The molecular weight excluding hydrogens is 592 g/mol. The molecule has 0 amide bonds. The van der Waals surface area contributed by atoms with Crippen molar-refractivity contribution in [1.82, 2.24) is 28.9 Å². The van der Waals surface area contributed by atoms with Gasteiger partial charge in [0.1, 0.15) is 0 Å². The van der Waals surface area contributed by atoms with E-state index in [9.17, 15) is 4.79 Å². The highest BCUT2D eigenvalue weighted by Gasteiger charge is 2.18. The van der Waals surface area contributed by atoms with E-state index in [2.05, 4.69) is 24.3 Å². The number of hydrogen-bond donors (Lipinski definition) is 0. The molecule has 0 radical (unpaired) electrons. The van der Waals surface area contributed by atoms with Gasteiger partial charge in [0, 0.05) is 22.1 Å². The lowest BCUT2D eigenvalue weighted by Crippen LogP contribution is -2.25. The maximum absolute atomic E-state index is 14.1. The fourth-order valence-corrected chi connectivity index (χ4v) is 6.30. The van der Waals surface area contributed by atoms with Crippen LogP contribution in [0, 0.1) is 0 Å². The predicted molar refractivity (Wildman–Crippen MR) is 191 cm³/mol. The largest absolute Gasteiger partial charge is 0.339 e. The van der Waals surface area contributed by atoms with Crippen molar-refractivity contribution in [2.45, 2.75) is 0 Å². The lowest BCUT2D eigenvalue weighted by atomic mass is 10.0. The first-order valence-electron chi connectivity index (χ1n) is 15.7. The molecule has 7 heteroatoms. The Bertz CT molecular complexity index is 2630. The summed E-state index contributed by atoms with van der Waals surface area (Å²) in [6.07, 6.45) is 0. The molecule has 0 unspecified atom stereocenters. The molecule has 0 aliphatic rings. The van der Waals surface area contributed by atoms with Crippen LogP contribution in [0.25, 0.3) is 78.6 Å². The van der Waals surface area contributed by atoms with Crippen molar-refractivity contribution in [1.29, 1.82) is 0 Å². The topological polar surface area (TPSA) is 78.0 Å². The molecule has 0 bridgehead atoms. The number of fused-ring (bicyclic) bond motifs is 5. The molecule has 6 aromatic carbocycles. The zero-order valence-corrected chi connectivity index (χ0v) is 25.6. The van der Waals surface area contributed by atoms with Gasteiger partial charge in [-0.2, -0.15) is 0 Å². The lowest BCUT2D eigenvalue weighted by Gasteiger charge is -2.14. The van der Waals surface area contributed by atoms with Gasteiger partial charge in [-0.1, -0.05) is 115 Å². The summed E-state index contributed by atoms with van der Waals surface area (Å²) in [7, 11) is 0. The number of nitrogens with zero attached hydrogens (tertiary/aromatic N) is 6. The summed E-state index contributed by atoms with van der Waals surface area (Å²) in [6.45, 7) is 0. The van der Waals surface area contributed by atoms with E-state index < -0.39 is 0 Å². The Morgan fingerprint density at radius 1 is 0.417 bits per heavy atom. The molecule has 0 N–H and O–H groups in total. The normalized spacial score (nSPS) is 11.4. The van der Waals surface area contributed by atoms with Crippen molar-refractivity contribution in [2.24, 2.45) is 0 Å². The number of aromatic nitrogens is 6. The molecule has 226 valence electrons. The Morgan fingerprint density at radius 3 is 1.65 bits per heavy atom. The molecule has 0 aliphatic carbocycles. The Hall–Kier alpha value is -6.73. The minimum atomic E-state index is -0.162. The molecule has 0 saturated heterocycles. The van der Waals surface area contributed by atoms with Gasteiger partial charge in [-0.25, -0.2) is 29.1 Å². The summed E-state index contributed by atoms with van der Waals surface area (Å²) in [6, 6.07) is 51.8. The summed E-state index contributed by atoms with van der Waals surface area (Å²) >= 11 is 0. The highest BCUT2D eigenvalue weighted by Crippen LogP contribution is 2.32.